The lowest BCUT2D eigenvalue weighted by molar-refractivity contribution is 1.59. The van der Waals surface area contributed by atoms with Gasteiger partial charge in [0.15, 0.2) is 0 Å². The van der Waals surface area contributed by atoms with Gasteiger partial charge in [-0.05, 0) is 12.1 Å². The minimum atomic E-state index is 0. The molecular weight excluding hydrogens is 148 g/mol. The van der Waals surface area contributed by atoms with Gasteiger partial charge in [-0.25, -0.2) is 0 Å². The Bertz CT molecular complexity index is 279. The predicted molar refractivity (Wildman–Crippen MR) is 48.1 cm³/mol. The molecule has 0 unspecified atom stereocenters. The monoisotopic (exact) mass is 154 g/mol. The van der Waals surface area contributed by atoms with E-state index in [1.54, 1.807) is 0 Å². The predicted octanol–water partition coefficient (Wildman–Crippen LogP) is 1.27. The smallest absolute Gasteiger partial charge is 0.0399 e. The molecule has 0 amide bonds. The van der Waals surface area contributed by atoms with Gasteiger partial charge in [-0.15, -0.1) is 12.8 Å². The van der Waals surface area contributed by atoms with E-state index in [4.69, 9.17) is 12.8 Å². The Labute approximate surface area is 71.7 Å². The van der Waals surface area contributed by atoms with Crippen molar-refractivity contribution in [3.8, 4) is 24.7 Å². The minimum Gasteiger partial charge on any atom is -0.115 e. The average Bonchev–Trinajstić information content (AvgIpc) is 2.04. The van der Waals surface area contributed by atoms with Gasteiger partial charge in [0, 0.05) is 22.1 Å². The van der Waals surface area contributed by atoms with E-state index in [0.717, 1.165) is 11.1 Å². The maximum atomic E-state index is 5.18. The summed E-state index contributed by atoms with van der Waals surface area (Å²) in [5, 5.41) is 0. The Kier molecular flexibility index (Phi) is 3.81. The van der Waals surface area contributed by atoms with Crippen LogP contribution in [-0.2, 0) is 0 Å². The Hall–Kier alpha value is -1.44. The summed E-state index contributed by atoms with van der Waals surface area (Å²) >= 11 is 0. The first-order valence-electron chi connectivity index (χ1n) is 2.90. The molecule has 1 heteroatoms. The van der Waals surface area contributed by atoms with Crippen LogP contribution in [0.2, 0.25) is 0 Å². The summed E-state index contributed by atoms with van der Waals surface area (Å²) in [5.41, 5.74) is 1.56. The van der Waals surface area contributed by atoms with Crippen LogP contribution in [0.25, 0.3) is 0 Å². The van der Waals surface area contributed by atoms with E-state index in [2.05, 4.69) is 11.8 Å². The maximum Gasteiger partial charge on any atom is 0.0399 e. The lowest BCUT2D eigenvalue weighted by atomic mass is 10.1. The van der Waals surface area contributed by atoms with E-state index in [-0.39, 0.29) is 11.0 Å². The van der Waals surface area contributed by atoms with Gasteiger partial charge < -0.3 is 0 Å². The van der Waals surface area contributed by atoms with Crippen molar-refractivity contribution in [3.05, 3.63) is 35.4 Å². The van der Waals surface area contributed by atoms with Crippen molar-refractivity contribution >= 4 is 11.0 Å². The van der Waals surface area contributed by atoms with Crippen molar-refractivity contribution in [2.24, 2.45) is 0 Å². The van der Waals surface area contributed by atoms with E-state index < -0.39 is 0 Å². The molecule has 0 spiro atoms. The molecule has 0 heterocycles. The van der Waals surface area contributed by atoms with Crippen molar-refractivity contribution in [2.75, 3.05) is 0 Å². The van der Waals surface area contributed by atoms with Crippen LogP contribution in [0.3, 0.4) is 0 Å². The first-order chi connectivity index (χ1) is 4.88. The zero-order valence-electron chi connectivity index (χ0n) is 5.96. The molecule has 50 valence electrons. The summed E-state index contributed by atoms with van der Waals surface area (Å²) < 4.78 is 0. The van der Waals surface area contributed by atoms with Crippen LogP contribution in [0.1, 0.15) is 11.1 Å². The topological polar surface area (TPSA) is 0 Å². The molecule has 4 radical (unpaired) electrons. The van der Waals surface area contributed by atoms with Crippen LogP contribution in [-0.4, -0.2) is 11.0 Å². The van der Waals surface area contributed by atoms with Gasteiger partial charge in [-0.2, -0.15) is 0 Å². The summed E-state index contributed by atoms with van der Waals surface area (Å²) in [7, 11) is 0. The lowest BCUT2D eigenvalue weighted by Crippen LogP contribution is -1.79. The highest BCUT2D eigenvalue weighted by atomic mass is 28.1. The first-order valence-corrected chi connectivity index (χ1v) is 2.90. The summed E-state index contributed by atoms with van der Waals surface area (Å²) in [6.07, 6.45) is 10.4. The van der Waals surface area contributed by atoms with Crippen LogP contribution in [0.5, 0.6) is 0 Å². The number of terminal acetylenes is 2. The SMILES string of the molecule is C#Cc1ccccc1C#C.[Si]. The Morgan fingerprint density at radius 2 is 1.27 bits per heavy atom. The average molecular weight is 154 g/mol. The third kappa shape index (κ3) is 2.00. The van der Waals surface area contributed by atoms with Gasteiger partial charge in [-0.1, -0.05) is 24.0 Å². The number of rotatable bonds is 0. The van der Waals surface area contributed by atoms with Gasteiger partial charge in [-0.3, -0.25) is 0 Å². The van der Waals surface area contributed by atoms with E-state index in [1.807, 2.05) is 24.3 Å². The zero-order chi connectivity index (χ0) is 7.40. The Balaban J connectivity index is 0.000001000. The molecule has 0 aromatic heterocycles. The van der Waals surface area contributed by atoms with Gasteiger partial charge in [0.25, 0.3) is 0 Å². The lowest BCUT2D eigenvalue weighted by Gasteiger charge is -1.92. The summed E-state index contributed by atoms with van der Waals surface area (Å²) in [6, 6.07) is 7.40. The molecule has 0 bridgehead atoms. The summed E-state index contributed by atoms with van der Waals surface area (Å²) in [6.45, 7) is 0. The highest BCUT2D eigenvalue weighted by Crippen LogP contribution is 2.03. The standard InChI is InChI=1S/C10H6.Si/c1-3-9-7-5-6-8-10(9)4-2;/h1-2,5-8H;. The van der Waals surface area contributed by atoms with Gasteiger partial charge in [0.05, 0.1) is 0 Å². The highest BCUT2D eigenvalue weighted by molar-refractivity contribution is 5.75. The summed E-state index contributed by atoms with van der Waals surface area (Å²) in [5.74, 6) is 5.01. The fraction of sp³-hybridized carbons (Fsp3) is 0. The van der Waals surface area contributed by atoms with E-state index in [1.165, 1.54) is 0 Å². The second-order valence-corrected chi connectivity index (χ2v) is 1.83. The zero-order valence-corrected chi connectivity index (χ0v) is 6.96. The van der Waals surface area contributed by atoms with Crippen molar-refractivity contribution in [1.82, 2.24) is 0 Å². The fourth-order valence-corrected chi connectivity index (χ4v) is 0.735. The van der Waals surface area contributed by atoms with Crippen LogP contribution in [0.4, 0.5) is 0 Å². The number of hydrogen-bond acceptors (Lipinski definition) is 0. The van der Waals surface area contributed by atoms with Gasteiger partial charge in [0.2, 0.25) is 0 Å². The maximum absolute atomic E-state index is 5.18. The Morgan fingerprint density at radius 1 is 0.909 bits per heavy atom. The fourth-order valence-electron chi connectivity index (χ4n) is 0.735. The number of hydrogen-bond donors (Lipinski definition) is 0. The van der Waals surface area contributed by atoms with Crippen LogP contribution < -0.4 is 0 Å². The molecule has 0 aliphatic heterocycles. The molecule has 0 aliphatic carbocycles. The van der Waals surface area contributed by atoms with E-state index in [9.17, 15) is 0 Å². The van der Waals surface area contributed by atoms with Gasteiger partial charge >= 0.3 is 0 Å². The normalized spacial score (nSPS) is 7.09. The van der Waals surface area contributed by atoms with E-state index >= 15 is 0 Å². The van der Waals surface area contributed by atoms with Crippen LogP contribution >= 0.6 is 0 Å². The molecule has 0 saturated carbocycles. The molecule has 0 nitrogen and oxygen atoms in total. The van der Waals surface area contributed by atoms with Crippen molar-refractivity contribution in [3.63, 3.8) is 0 Å². The van der Waals surface area contributed by atoms with Crippen molar-refractivity contribution in [1.29, 1.82) is 0 Å². The molecule has 1 rings (SSSR count). The Morgan fingerprint density at radius 3 is 1.55 bits per heavy atom. The molecule has 0 fully saturated rings. The second-order valence-electron chi connectivity index (χ2n) is 1.83. The molecule has 0 N–H and O–H groups in total. The van der Waals surface area contributed by atoms with Crippen LogP contribution in [0, 0.1) is 24.7 Å². The van der Waals surface area contributed by atoms with Crippen LogP contribution in [0.15, 0.2) is 24.3 Å². The quantitative estimate of drug-likeness (QED) is 0.390. The largest absolute Gasteiger partial charge is 0.115 e. The minimum absolute atomic E-state index is 0. The molecular formula is C10H6Si. The second kappa shape index (κ2) is 4.38. The third-order valence-corrected chi connectivity index (χ3v) is 1.24. The summed E-state index contributed by atoms with van der Waals surface area (Å²) in [4.78, 5) is 0. The van der Waals surface area contributed by atoms with Gasteiger partial charge in [0.1, 0.15) is 0 Å². The molecule has 0 aliphatic rings. The van der Waals surface area contributed by atoms with E-state index in [0.29, 0.717) is 0 Å². The molecule has 0 atom stereocenters. The first kappa shape index (κ1) is 9.56. The molecule has 1 aromatic carbocycles. The molecule has 1 aromatic rings. The van der Waals surface area contributed by atoms with Crippen molar-refractivity contribution < 1.29 is 0 Å². The molecule has 0 saturated heterocycles. The molecule has 11 heavy (non-hydrogen) atoms. The number of benzene rings is 1. The highest BCUT2D eigenvalue weighted by Gasteiger charge is 1.90. The third-order valence-electron chi connectivity index (χ3n) is 1.24. The van der Waals surface area contributed by atoms with Crippen molar-refractivity contribution in [2.45, 2.75) is 0 Å².